The van der Waals surface area contributed by atoms with Crippen LogP contribution in [0.3, 0.4) is 0 Å². The minimum atomic E-state index is 0.385. The van der Waals surface area contributed by atoms with Crippen LogP contribution in [0.15, 0.2) is 24.4 Å². The fraction of sp³-hybridized carbons (Fsp3) is 0.154. The van der Waals surface area contributed by atoms with Crippen LogP contribution in [0, 0.1) is 13.8 Å². The lowest BCUT2D eigenvalue weighted by atomic mass is 10.00. The molecule has 4 heteroatoms. The van der Waals surface area contributed by atoms with Crippen LogP contribution in [0.5, 0.6) is 0 Å². The van der Waals surface area contributed by atoms with Gasteiger partial charge in [-0.25, -0.2) is 0 Å². The van der Waals surface area contributed by atoms with E-state index in [-0.39, 0.29) is 0 Å². The summed E-state index contributed by atoms with van der Waals surface area (Å²) in [7, 11) is 0. The van der Waals surface area contributed by atoms with E-state index in [1.807, 2.05) is 32.0 Å². The molecule has 2 rings (SSSR count). The highest BCUT2D eigenvalue weighted by atomic mass is 35.5. The smallest absolute Gasteiger partial charge is 0.0778 e. The van der Waals surface area contributed by atoms with Crippen LogP contribution in [0.25, 0.3) is 11.1 Å². The highest BCUT2D eigenvalue weighted by Crippen LogP contribution is 2.36. The van der Waals surface area contributed by atoms with Gasteiger partial charge in [-0.1, -0.05) is 34.8 Å². The molecule has 0 saturated carbocycles. The van der Waals surface area contributed by atoms with Gasteiger partial charge in [-0.3, -0.25) is 4.98 Å². The number of nitrogens with zero attached hydrogens (tertiary/aromatic N) is 1. The Morgan fingerprint density at radius 2 is 1.59 bits per heavy atom. The predicted molar refractivity (Wildman–Crippen MR) is 74.2 cm³/mol. The number of pyridine rings is 1. The van der Waals surface area contributed by atoms with Crippen molar-refractivity contribution in [2.45, 2.75) is 13.8 Å². The summed E-state index contributed by atoms with van der Waals surface area (Å²) >= 11 is 18.0. The monoisotopic (exact) mass is 285 g/mol. The second-order valence-corrected chi connectivity index (χ2v) is 5.03. The lowest BCUT2D eigenvalue weighted by Crippen LogP contribution is -1.91. The molecule has 0 fully saturated rings. The van der Waals surface area contributed by atoms with Crippen LogP contribution in [0.4, 0.5) is 0 Å². The molecule has 0 amide bonds. The molecule has 88 valence electrons. The number of halogens is 3. The SMILES string of the molecule is Cc1ccnc(C)c1-c1cc(Cl)c(Cl)c(Cl)c1. The Kier molecular flexibility index (Phi) is 3.62. The number of aromatic nitrogens is 1. The van der Waals surface area contributed by atoms with E-state index in [0.29, 0.717) is 15.1 Å². The van der Waals surface area contributed by atoms with Gasteiger partial charge in [0, 0.05) is 17.5 Å². The van der Waals surface area contributed by atoms with Crippen molar-refractivity contribution in [1.29, 1.82) is 0 Å². The van der Waals surface area contributed by atoms with Gasteiger partial charge in [0.2, 0.25) is 0 Å². The fourth-order valence-corrected chi connectivity index (χ4v) is 2.43. The average Bonchev–Trinajstić information content (AvgIpc) is 2.25. The number of hydrogen-bond acceptors (Lipinski definition) is 1. The van der Waals surface area contributed by atoms with E-state index >= 15 is 0 Å². The molecule has 1 nitrogen and oxygen atoms in total. The molecule has 0 bridgehead atoms. The molecular formula is C13H10Cl3N. The molecule has 0 radical (unpaired) electrons. The minimum Gasteiger partial charge on any atom is -0.261 e. The third kappa shape index (κ3) is 2.42. The molecular weight excluding hydrogens is 277 g/mol. The second kappa shape index (κ2) is 4.85. The Hall–Kier alpha value is -0.760. The van der Waals surface area contributed by atoms with Crippen LogP contribution in [-0.4, -0.2) is 4.98 Å². The maximum atomic E-state index is 6.04. The van der Waals surface area contributed by atoms with Crippen LogP contribution in [0.1, 0.15) is 11.3 Å². The Morgan fingerprint density at radius 1 is 1.00 bits per heavy atom. The highest BCUT2D eigenvalue weighted by molar-refractivity contribution is 6.48. The van der Waals surface area contributed by atoms with Gasteiger partial charge in [0.05, 0.1) is 15.1 Å². The maximum absolute atomic E-state index is 6.04. The molecule has 0 unspecified atom stereocenters. The molecule has 1 heterocycles. The van der Waals surface area contributed by atoms with Crippen LogP contribution >= 0.6 is 34.8 Å². The Labute approximate surface area is 115 Å². The first-order chi connectivity index (χ1) is 8.00. The maximum Gasteiger partial charge on any atom is 0.0778 e. The van der Waals surface area contributed by atoms with Crippen molar-refractivity contribution in [2.24, 2.45) is 0 Å². The lowest BCUT2D eigenvalue weighted by Gasteiger charge is -2.10. The zero-order chi connectivity index (χ0) is 12.6. The summed E-state index contributed by atoms with van der Waals surface area (Å²) in [6.45, 7) is 3.99. The summed E-state index contributed by atoms with van der Waals surface area (Å²) in [6.07, 6.45) is 1.79. The summed E-state index contributed by atoms with van der Waals surface area (Å²) in [4.78, 5) is 4.28. The van der Waals surface area contributed by atoms with Crippen molar-refractivity contribution in [1.82, 2.24) is 4.98 Å². The van der Waals surface area contributed by atoms with Crippen molar-refractivity contribution in [3.05, 3.63) is 50.7 Å². The van der Waals surface area contributed by atoms with E-state index in [0.717, 1.165) is 22.4 Å². The first-order valence-corrected chi connectivity index (χ1v) is 6.21. The molecule has 0 N–H and O–H groups in total. The third-order valence-corrected chi connectivity index (χ3v) is 3.82. The van der Waals surface area contributed by atoms with Gasteiger partial charge in [-0.05, 0) is 43.2 Å². The van der Waals surface area contributed by atoms with E-state index in [9.17, 15) is 0 Å². The average molecular weight is 287 g/mol. The first kappa shape index (κ1) is 12.7. The molecule has 0 aliphatic heterocycles. The molecule has 1 aromatic heterocycles. The summed E-state index contributed by atoms with van der Waals surface area (Å²) in [5.74, 6) is 0. The van der Waals surface area contributed by atoms with E-state index in [1.165, 1.54) is 0 Å². The normalized spacial score (nSPS) is 10.6. The van der Waals surface area contributed by atoms with Gasteiger partial charge < -0.3 is 0 Å². The Balaban J connectivity index is 2.69. The zero-order valence-corrected chi connectivity index (χ0v) is 11.7. The van der Waals surface area contributed by atoms with Crippen LogP contribution < -0.4 is 0 Å². The largest absolute Gasteiger partial charge is 0.261 e. The van der Waals surface area contributed by atoms with Gasteiger partial charge in [0.25, 0.3) is 0 Å². The number of aryl methyl sites for hydroxylation is 2. The van der Waals surface area contributed by atoms with E-state index in [4.69, 9.17) is 34.8 Å². The molecule has 17 heavy (non-hydrogen) atoms. The summed E-state index contributed by atoms with van der Waals surface area (Å²) in [6, 6.07) is 5.58. The number of benzene rings is 1. The molecule has 1 aromatic carbocycles. The van der Waals surface area contributed by atoms with Gasteiger partial charge in [-0.15, -0.1) is 0 Å². The zero-order valence-electron chi connectivity index (χ0n) is 9.39. The summed E-state index contributed by atoms with van der Waals surface area (Å²) in [5, 5.41) is 1.30. The van der Waals surface area contributed by atoms with Gasteiger partial charge in [-0.2, -0.15) is 0 Å². The van der Waals surface area contributed by atoms with Gasteiger partial charge >= 0.3 is 0 Å². The molecule has 0 atom stereocenters. The van der Waals surface area contributed by atoms with Crippen molar-refractivity contribution < 1.29 is 0 Å². The van der Waals surface area contributed by atoms with Gasteiger partial charge in [0.15, 0.2) is 0 Å². The van der Waals surface area contributed by atoms with E-state index in [2.05, 4.69) is 4.98 Å². The second-order valence-electron chi connectivity index (χ2n) is 3.84. The van der Waals surface area contributed by atoms with Crippen molar-refractivity contribution >= 4 is 34.8 Å². The quantitative estimate of drug-likeness (QED) is 0.646. The van der Waals surface area contributed by atoms with Crippen molar-refractivity contribution in [3.63, 3.8) is 0 Å². The van der Waals surface area contributed by atoms with Gasteiger partial charge in [0.1, 0.15) is 0 Å². The van der Waals surface area contributed by atoms with Crippen molar-refractivity contribution in [2.75, 3.05) is 0 Å². The molecule has 0 aliphatic rings. The first-order valence-electron chi connectivity index (χ1n) is 5.08. The third-order valence-electron chi connectivity index (χ3n) is 2.62. The number of rotatable bonds is 1. The molecule has 0 spiro atoms. The number of hydrogen-bond donors (Lipinski definition) is 0. The summed E-state index contributed by atoms with van der Waals surface area (Å²) in [5.41, 5.74) is 4.06. The predicted octanol–water partition coefficient (Wildman–Crippen LogP) is 5.33. The van der Waals surface area contributed by atoms with Crippen molar-refractivity contribution in [3.8, 4) is 11.1 Å². The highest BCUT2D eigenvalue weighted by Gasteiger charge is 2.11. The molecule has 0 aliphatic carbocycles. The van der Waals surface area contributed by atoms with Crippen LogP contribution in [0.2, 0.25) is 15.1 Å². The summed E-state index contributed by atoms with van der Waals surface area (Å²) < 4.78 is 0. The topological polar surface area (TPSA) is 12.9 Å². The Morgan fingerprint density at radius 3 is 2.12 bits per heavy atom. The minimum absolute atomic E-state index is 0.385. The fourth-order valence-electron chi connectivity index (χ4n) is 1.83. The lowest BCUT2D eigenvalue weighted by molar-refractivity contribution is 1.18. The van der Waals surface area contributed by atoms with E-state index in [1.54, 1.807) is 6.20 Å². The molecule has 0 saturated heterocycles. The van der Waals surface area contributed by atoms with Crippen LogP contribution in [-0.2, 0) is 0 Å². The molecule has 2 aromatic rings. The van der Waals surface area contributed by atoms with E-state index < -0.39 is 0 Å². The Bertz CT molecular complexity index is 536. The standard InChI is InChI=1S/C13H10Cl3N/c1-7-3-4-17-8(2)12(7)9-5-10(14)13(16)11(15)6-9/h3-6H,1-2H3.